The molecule has 0 unspecified atom stereocenters. The van der Waals surface area contributed by atoms with E-state index in [1.165, 1.54) is 0 Å². The summed E-state index contributed by atoms with van der Waals surface area (Å²) in [5.74, 6) is 2.05. The predicted molar refractivity (Wildman–Crippen MR) is 142 cm³/mol. The summed E-state index contributed by atoms with van der Waals surface area (Å²) >= 11 is 0. The second kappa shape index (κ2) is 12.6. The number of likely N-dealkylation sites (tertiary alicyclic amines) is 1. The smallest absolute Gasteiger partial charge is 0.253 e. The number of benzene rings is 3. The molecule has 1 saturated heterocycles. The van der Waals surface area contributed by atoms with E-state index in [2.05, 4.69) is 17.6 Å². The minimum absolute atomic E-state index is 0.0453. The topological polar surface area (TPSA) is 79.9 Å². The summed E-state index contributed by atoms with van der Waals surface area (Å²) in [6.45, 7) is 4.77. The number of para-hydroxylation sites is 1. The molecule has 188 valence electrons. The summed E-state index contributed by atoms with van der Waals surface area (Å²) in [6, 6.07) is 24.1. The van der Waals surface area contributed by atoms with Crippen molar-refractivity contribution >= 4 is 23.2 Å². The molecule has 0 aliphatic carbocycles. The Morgan fingerprint density at radius 3 is 2.19 bits per heavy atom. The highest BCUT2D eigenvalue weighted by molar-refractivity contribution is 5.96. The third kappa shape index (κ3) is 7.50. The number of amides is 2. The molecule has 3 aromatic rings. The Kier molecular flexibility index (Phi) is 8.81. The van der Waals surface area contributed by atoms with Crippen LogP contribution in [-0.4, -0.2) is 49.6 Å². The third-order valence-electron chi connectivity index (χ3n) is 6.14. The van der Waals surface area contributed by atoms with Gasteiger partial charge < -0.3 is 25.0 Å². The lowest BCUT2D eigenvalue weighted by Crippen LogP contribution is -2.37. The number of carbonyl (C=O) groups is 2. The first-order valence-electron chi connectivity index (χ1n) is 12.4. The van der Waals surface area contributed by atoms with Crippen LogP contribution < -0.4 is 20.1 Å². The van der Waals surface area contributed by atoms with Crippen LogP contribution >= 0.6 is 0 Å². The van der Waals surface area contributed by atoms with Gasteiger partial charge in [0, 0.05) is 30.0 Å². The molecule has 0 spiro atoms. The highest BCUT2D eigenvalue weighted by Gasteiger charge is 2.21. The molecule has 2 amide bonds. The largest absolute Gasteiger partial charge is 0.490 e. The van der Waals surface area contributed by atoms with Crippen LogP contribution in [0.4, 0.5) is 11.4 Å². The van der Waals surface area contributed by atoms with Gasteiger partial charge in [0.15, 0.2) is 0 Å². The third-order valence-corrected chi connectivity index (χ3v) is 6.14. The van der Waals surface area contributed by atoms with Crippen LogP contribution in [0.3, 0.4) is 0 Å². The summed E-state index contributed by atoms with van der Waals surface area (Å²) < 4.78 is 11.3. The number of piperidine rings is 1. The molecule has 36 heavy (non-hydrogen) atoms. The number of hydrogen-bond acceptors (Lipinski definition) is 5. The number of rotatable bonds is 10. The van der Waals surface area contributed by atoms with Gasteiger partial charge >= 0.3 is 0 Å². The number of nitrogens with zero attached hydrogens (tertiary/aromatic N) is 1. The van der Waals surface area contributed by atoms with Crippen LogP contribution in [0.2, 0.25) is 0 Å². The highest BCUT2D eigenvalue weighted by Crippen LogP contribution is 2.20. The molecular formula is C29H33N3O4. The predicted octanol–water partition coefficient (Wildman–Crippen LogP) is 5.07. The van der Waals surface area contributed by atoms with Gasteiger partial charge in [-0.25, -0.2) is 0 Å². The maximum absolute atomic E-state index is 12.8. The van der Waals surface area contributed by atoms with E-state index < -0.39 is 0 Å². The van der Waals surface area contributed by atoms with Crippen molar-refractivity contribution in [2.24, 2.45) is 5.92 Å². The van der Waals surface area contributed by atoms with Crippen molar-refractivity contribution in [3.63, 3.8) is 0 Å². The zero-order valence-electron chi connectivity index (χ0n) is 20.6. The molecule has 0 radical (unpaired) electrons. The van der Waals surface area contributed by atoms with Crippen molar-refractivity contribution in [3.05, 3.63) is 84.4 Å². The van der Waals surface area contributed by atoms with E-state index in [0.29, 0.717) is 36.1 Å². The standard InChI is InChI=1S/C29H33N3O4/c1-22-14-16-32(17-15-22)29(34)23-6-5-7-25(20-23)30-21-28(33)31-24-10-12-27(13-11-24)36-19-18-35-26-8-3-2-4-9-26/h2-13,20,22,30H,14-19,21H2,1H3,(H,31,33). The molecule has 7 heteroatoms. The van der Waals surface area contributed by atoms with E-state index in [1.807, 2.05) is 65.6 Å². The maximum Gasteiger partial charge on any atom is 0.253 e. The molecule has 3 aromatic carbocycles. The number of anilines is 2. The van der Waals surface area contributed by atoms with E-state index in [0.717, 1.165) is 37.4 Å². The molecule has 0 aromatic heterocycles. The summed E-state index contributed by atoms with van der Waals surface area (Å²) in [5.41, 5.74) is 2.06. The highest BCUT2D eigenvalue weighted by atomic mass is 16.5. The number of nitrogens with one attached hydrogen (secondary N) is 2. The van der Waals surface area contributed by atoms with Gasteiger partial charge in [0.25, 0.3) is 5.91 Å². The van der Waals surface area contributed by atoms with Gasteiger partial charge in [-0.2, -0.15) is 0 Å². The Balaban J connectivity index is 1.19. The lowest BCUT2D eigenvalue weighted by atomic mass is 9.98. The van der Waals surface area contributed by atoms with E-state index in [4.69, 9.17) is 9.47 Å². The fraction of sp³-hybridized carbons (Fsp3) is 0.310. The van der Waals surface area contributed by atoms with E-state index in [9.17, 15) is 9.59 Å². The second-order valence-electron chi connectivity index (χ2n) is 8.99. The molecule has 1 aliphatic heterocycles. The van der Waals surface area contributed by atoms with Crippen LogP contribution in [0, 0.1) is 5.92 Å². The molecule has 7 nitrogen and oxygen atoms in total. The Hall–Kier alpha value is -4.00. The Bertz CT molecular complexity index is 1130. The molecule has 0 bridgehead atoms. The molecule has 2 N–H and O–H groups in total. The molecule has 0 atom stereocenters. The van der Waals surface area contributed by atoms with Gasteiger partial charge in [0.2, 0.25) is 5.91 Å². The number of ether oxygens (including phenoxy) is 2. The van der Waals surface area contributed by atoms with Gasteiger partial charge in [0.1, 0.15) is 24.7 Å². The fourth-order valence-corrected chi connectivity index (χ4v) is 4.01. The van der Waals surface area contributed by atoms with Gasteiger partial charge in [0.05, 0.1) is 6.54 Å². The number of hydrogen-bond donors (Lipinski definition) is 2. The van der Waals surface area contributed by atoms with Crippen LogP contribution in [-0.2, 0) is 4.79 Å². The molecule has 1 heterocycles. The lowest BCUT2D eigenvalue weighted by molar-refractivity contribution is -0.114. The SMILES string of the molecule is CC1CCN(C(=O)c2cccc(NCC(=O)Nc3ccc(OCCOc4ccccc4)cc3)c2)CC1. The van der Waals surface area contributed by atoms with Crippen molar-refractivity contribution in [1.29, 1.82) is 0 Å². The molecule has 0 saturated carbocycles. The summed E-state index contributed by atoms with van der Waals surface area (Å²) in [4.78, 5) is 27.1. The average Bonchev–Trinajstić information content (AvgIpc) is 2.92. The molecule has 1 aliphatic rings. The first-order valence-corrected chi connectivity index (χ1v) is 12.4. The van der Waals surface area contributed by atoms with Crippen molar-refractivity contribution in [3.8, 4) is 11.5 Å². The molecular weight excluding hydrogens is 454 g/mol. The van der Waals surface area contributed by atoms with Crippen molar-refractivity contribution in [2.45, 2.75) is 19.8 Å². The van der Waals surface area contributed by atoms with Gasteiger partial charge in [-0.3, -0.25) is 9.59 Å². The van der Waals surface area contributed by atoms with Crippen molar-refractivity contribution in [1.82, 2.24) is 4.90 Å². The van der Waals surface area contributed by atoms with Crippen LogP contribution in [0.1, 0.15) is 30.1 Å². The second-order valence-corrected chi connectivity index (χ2v) is 8.99. The number of carbonyl (C=O) groups excluding carboxylic acids is 2. The van der Waals surface area contributed by atoms with E-state index in [1.54, 1.807) is 18.2 Å². The van der Waals surface area contributed by atoms with Crippen LogP contribution in [0.25, 0.3) is 0 Å². The van der Waals surface area contributed by atoms with Gasteiger partial charge in [-0.05, 0) is 73.4 Å². The Labute approximate surface area is 212 Å². The molecule has 1 fully saturated rings. The zero-order valence-corrected chi connectivity index (χ0v) is 20.6. The summed E-state index contributed by atoms with van der Waals surface area (Å²) in [6.07, 6.45) is 2.08. The minimum Gasteiger partial charge on any atom is -0.490 e. The fourth-order valence-electron chi connectivity index (χ4n) is 4.01. The Morgan fingerprint density at radius 1 is 0.833 bits per heavy atom. The minimum atomic E-state index is -0.179. The quantitative estimate of drug-likeness (QED) is 0.391. The van der Waals surface area contributed by atoms with E-state index >= 15 is 0 Å². The first kappa shape index (κ1) is 25.1. The maximum atomic E-state index is 12.8. The van der Waals surface area contributed by atoms with Crippen LogP contribution in [0.15, 0.2) is 78.9 Å². The van der Waals surface area contributed by atoms with Gasteiger partial charge in [-0.1, -0.05) is 31.2 Å². The normalized spacial score (nSPS) is 13.6. The van der Waals surface area contributed by atoms with Crippen molar-refractivity contribution < 1.29 is 19.1 Å². The molecule has 4 rings (SSSR count). The van der Waals surface area contributed by atoms with Crippen molar-refractivity contribution in [2.75, 3.05) is 43.5 Å². The van der Waals surface area contributed by atoms with Gasteiger partial charge in [-0.15, -0.1) is 0 Å². The van der Waals surface area contributed by atoms with Crippen LogP contribution in [0.5, 0.6) is 11.5 Å². The Morgan fingerprint density at radius 2 is 1.50 bits per heavy atom. The van der Waals surface area contributed by atoms with E-state index in [-0.39, 0.29) is 18.4 Å². The zero-order chi connectivity index (χ0) is 25.2. The monoisotopic (exact) mass is 487 g/mol. The first-order chi connectivity index (χ1) is 17.6. The lowest BCUT2D eigenvalue weighted by Gasteiger charge is -2.30. The average molecular weight is 488 g/mol. The summed E-state index contributed by atoms with van der Waals surface area (Å²) in [5, 5.41) is 5.97. The summed E-state index contributed by atoms with van der Waals surface area (Å²) in [7, 11) is 0.